The molecule has 2 aromatic heterocycles. The summed E-state index contributed by atoms with van der Waals surface area (Å²) >= 11 is 0. The van der Waals surface area contributed by atoms with Crippen LogP contribution < -0.4 is 10.9 Å². The Bertz CT molecular complexity index is 1210. The Kier molecular flexibility index (Phi) is 5.20. The molecule has 0 unspecified atom stereocenters. The summed E-state index contributed by atoms with van der Waals surface area (Å²) in [5.41, 5.74) is 2.19. The van der Waals surface area contributed by atoms with Crippen LogP contribution in [-0.4, -0.2) is 25.2 Å². The summed E-state index contributed by atoms with van der Waals surface area (Å²) in [5.74, 6) is -0.302. The number of fused-ring (bicyclic) bond motifs is 1. The Labute approximate surface area is 167 Å². The first-order chi connectivity index (χ1) is 14.2. The molecule has 7 heteroatoms. The van der Waals surface area contributed by atoms with Crippen LogP contribution in [-0.2, 0) is 19.6 Å². The minimum Gasteiger partial charge on any atom is -0.347 e. The van der Waals surface area contributed by atoms with E-state index >= 15 is 0 Å². The van der Waals surface area contributed by atoms with Gasteiger partial charge in [0.15, 0.2) is 5.69 Å². The van der Waals surface area contributed by atoms with Gasteiger partial charge in [0, 0.05) is 37.4 Å². The summed E-state index contributed by atoms with van der Waals surface area (Å²) in [6, 6.07) is 15.1. The molecule has 0 saturated heterocycles. The van der Waals surface area contributed by atoms with Gasteiger partial charge in [-0.15, -0.1) is 0 Å². The zero-order valence-corrected chi connectivity index (χ0v) is 16.1. The van der Waals surface area contributed by atoms with E-state index in [2.05, 4.69) is 21.5 Å². The molecule has 0 aliphatic rings. The van der Waals surface area contributed by atoms with E-state index in [-0.39, 0.29) is 17.2 Å². The molecule has 4 rings (SSSR count). The molecule has 0 fully saturated rings. The smallest absolute Gasteiger partial charge is 0.274 e. The molecule has 0 atom stereocenters. The van der Waals surface area contributed by atoms with Crippen LogP contribution in [0.25, 0.3) is 10.8 Å². The molecule has 0 aliphatic carbocycles. The predicted octanol–water partition coefficient (Wildman–Crippen LogP) is 2.59. The number of amides is 1. The van der Waals surface area contributed by atoms with Crippen LogP contribution in [0.2, 0.25) is 0 Å². The lowest BCUT2D eigenvalue weighted by atomic mass is 10.1. The Morgan fingerprint density at radius 1 is 1.07 bits per heavy atom. The molecule has 0 spiro atoms. The Balaban J connectivity index is 1.55. The van der Waals surface area contributed by atoms with E-state index in [1.165, 1.54) is 4.68 Å². The van der Waals surface area contributed by atoms with Crippen molar-refractivity contribution in [2.45, 2.75) is 26.6 Å². The number of imidazole rings is 1. The highest BCUT2D eigenvalue weighted by Gasteiger charge is 2.16. The number of hydrogen-bond acceptors (Lipinski definition) is 4. The average Bonchev–Trinajstić information content (AvgIpc) is 3.26. The number of nitrogens with one attached hydrogen (secondary N) is 1. The summed E-state index contributed by atoms with van der Waals surface area (Å²) in [5, 5.41) is 8.27. The molecule has 1 N–H and O–H groups in total. The second-order valence-corrected chi connectivity index (χ2v) is 6.75. The van der Waals surface area contributed by atoms with Gasteiger partial charge in [-0.3, -0.25) is 9.59 Å². The van der Waals surface area contributed by atoms with Gasteiger partial charge in [0.05, 0.1) is 11.7 Å². The molecule has 0 aliphatic heterocycles. The Morgan fingerprint density at radius 3 is 2.62 bits per heavy atom. The van der Waals surface area contributed by atoms with Crippen LogP contribution in [0, 0.1) is 0 Å². The van der Waals surface area contributed by atoms with Crippen LogP contribution in [0.4, 0.5) is 0 Å². The van der Waals surface area contributed by atoms with Gasteiger partial charge in [-0.2, -0.15) is 5.10 Å². The number of benzene rings is 2. The van der Waals surface area contributed by atoms with Gasteiger partial charge in [0.25, 0.3) is 11.5 Å². The highest BCUT2D eigenvalue weighted by molar-refractivity contribution is 6.04. The number of aryl methyl sites for hydroxylation is 1. The van der Waals surface area contributed by atoms with Crippen molar-refractivity contribution in [3.8, 4) is 0 Å². The minimum absolute atomic E-state index is 0.188. The quantitative estimate of drug-likeness (QED) is 0.551. The monoisotopic (exact) mass is 387 g/mol. The van der Waals surface area contributed by atoms with Gasteiger partial charge in [-0.05, 0) is 24.1 Å². The maximum atomic E-state index is 12.9. The number of rotatable bonds is 6. The molecular weight excluding hydrogens is 366 g/mol. The third-order valence-corrected chi connectivity index (χ3v) is 4.75. The molecule has 0 radical (unpaired) electrons. The number of hydrogen-bond donors (Lipinski definition) is 1. The number of carbonyl (C=O) groups excluding carboxylic acids is 1. The summed E-state index contributed by atoms with van der Waals surface area (Å²) < 4.78 is 3.31. The molecule has 29 heavy (non-hydrogen) atoms. The number of carbonyl (C=O) groups is 1. The third-order valence-electron chi connectivity index (χ3n) is 4.75. The van der Waals surface area contributed by atoms with Gasteiger partial charge in [-0.1, -0.05) is 42.5 Å². The van der Waals surface area contributed by atoms with Crippen molar-refractivity contribution in [1.29, 1.82) is 0 Å². The predicted molar refractivity (Wildman–Crippen MR) is 111 cm³/mol. The topological polar surface area (TPSA) is 81.8 Å². The van der Waals surface area contributed by atoms with Crippen molar-refractivity contribution in [3.05, 3.63) is 94.4 Å². The first kappa shape index (κ1) is 18.6. The number of aromatic nitrogens is 4. The zero-order valence-electron chi connectivity index (χ0n) is 16.1. The van der Waals surface area contributed by atoms with Crippen LogP contribution in [0.15, 0.2) is 72.0 Å². The van der Waals surface area contributed by atoms with Crippen LogP contribution in [0.5, 0.6) is 0 Å². The highest BCUT2D eigenvalue weighted by Crippen LogP contribution is 2.14. The van der Waals surface area contributed by atoms with Crippen molar-refractivity contribution in [2.24, 2.45) is 0 Å². The summed E-state index contributed by atoms with van der Waals surface area (Å²) in [6.07, 6.45) is 5.43. The molecular formula is C22H21N5O2. The average molecular weight is 387 g/mol. The fraction of sp³-hybridized carbons (Fsp3) is 0.182. The van der Waals surface area contributed by atoms with Crippen molar-refractivity contribution >= 4 is 16.7 Å². The lowest BCUT2D eigenvalue weighted by Gasteiger charge is -2.11. The number of nitrogens with zero attached hydrogens (tertiary/aromatic N) is 4. The van der Waals surface area contributed by atoms with Crippen molar-refractivity contribution in [1.82, 2.24) is 24.6 Å². The first-order valence-electron chi connectivity index (χ1n) is 9.47. The van der Waals surface area contributed by atoms with E-state index in [1.807, 2.05) is 35.9 Å². The molecule has 1 amide bonds. The Hall–Kier alpha value is -3.74. The Morgan fingerprint density at radius 2 is 1.86 bits per heavy atom. The lowest BCUT2D eigenvalue weighted by molar-refractivity contribution is 0.0945. The minimum atomic E-state index is -0.302. The van der Waals surface area contributed by atoms with Crippen LogP contribution >= 0.6 is 0 Å². The molecule has 146 valence electrons. The highest BCUT2D eigenvalue weighted by atomic mass is 16.2. The fourth-order valence-electron chi connectivity index (χ4n) is 3.31. The maximum absolute atomic E-state index is 12.9. The van der Waals surface area contributed by atoms with E-state index in [1.54, 1.807) is 36.8 Å². The van der Waals surface area contributed by atoms with E-state index in [9.17, 15) is 9.59 Å². The zero-order chi connectivity index (χ0) is 20.2. The normalized spacial score (nSPS) is 10.9. The summed E-state index contributed by atoms with van der Waals surface area (Å²) in [7, 11) is 0. The molecule has 2 heterocycles. The molecule has 2 aromatic carbocycles. The summed E-state index contributed by atoms with van der Waals surface area (Å²) in [4.78, 5) is 29.3. The molecule has 4 aromatic rings. The van der Waals surface area contributed by atoms with Gasteiger partial charge < -0.3 is 9.88 Å². The maximum Gasteiger partial charge on any atom is 0.274 e. The summed E-state index contributed by atoms with van der Waals surface area (Å²) in [6.45, 7) is 3.32. The van der Waals surface area contributed by atoms with Crippen molar-refractivity contribution in [3.63, 3.8) is 0 Å². The second-order valence-electron chi connectivity index (χ2n) is 6.75. The van der Waals surface area contributed by atoms with Gasteiger partial charge in [0.1, 0.15) is 0 Å². The largest absolute Gasteiger partial charge is 0.347 e. The molecule has 7 nitrogen and oxygen atoms in total. The van der Waals surface area contributed by atoms with Crippen molar-refractivity contribution in [2.75, 3.05) is 0 Å². The van der Waals surface area contributed by atoms with E-state index < -0.39 is 0 Å². The lowest BCUT2D eigenvalue weighted by Crippen LogP contribution is -2.30. The fourth-order valence-corrected chi connectivity index (χ4v) is 3.31. The van der Waals surface area contributed by atoms with Crippen molar-refractivity contribution < 1.29 is 4.79 Å². The van der Waals surface area contributed by atoms with Crippen LogP contribution in [0.3, 0.4) is 0 Å². The van der Waals surface area contributed by atoms with E-state index in [0.29, 0.717) is 23.9 Å². The van der Waals surface area contributed by atoms with E-state index in [0.717, 1.165) is 17.7 Å². The molecule has 0 saturated carbocycles. The van der Waals surface area contributed by atoms with Crippen LogP contribution in [0.1, 0.15) is 28.5 Å². The van der Waals surface area contributed by atoms with Gasteiger partial charge in [-0.25, -0.2) is 9.67 Å². The second kappa shape index (κ2) is 8.10. The van der Waals surface area contributed by atoms with Gasteiger partial charge in [0.2, 0.25) is 0 Å². The van der Waals surface area contributed by atoms with Gasteiger partial charge >= 0.3 is 0 Å². The standard InChI is InChI=1S/C22H21N5O2/c1-2-27-22(29)19-9-4-3-8-18(19)20(25-27)21(28)24-13-16-6-5-7-17(12-16)14-26-11-10-23-15-26/h3-12,15H,2,13-14H2,1H3,(H,24,28). The van der Waals surface area contributed by atoms with E-state index in [4.69, 9.17) is 0 Å². The molecule has 0 bridgehead atoms. The first-order valence-corrected chi connectivity index (χ1v) is 9.47. The SMILES string of the molecule is CCn1nc(C(=O)NCc2cccc(Cn3ccnc3)c2)c2ccccc2c1=O. The third kappa shape index (κ3) is 3.94.